The SMILES string of the molecule is O=C(CCCCCn1c(=S)[nH]c2ccccc2c1=O)NCC(=O)NCc1ccccc1. The van der Waals surface area contributed by atoms with Crippen LogP contribution in [-0.2, 0) is 22.7 Å². The fourth-order valence-corrected chi connectivity index (χ4v) is 3.54. The van der Waals surface area contributed by atoms with Gasteiger partial charge >= 0.3 is 0 Å². The summed E-state index contributed by atoms with van der Waals surface area (Å²) in [5.41, 5.74) is 1.64. The molecule has 0 saturated heterocycles. The number of nitrogens with one attached hydrogen (secondary N) is 3. The van der Waals surface area contributed by atoms with Crippen molar-refractivity contribution in [2.45, 2.75) is 38.8 Å². The Labute approximate surface area is 185 Å². The van der Waals surface area contributed by atoms with E-state index in [2.05, 4.69) is 15.6 Å². The topological polar surface area (TPSA) is 96.0 Å². The zero-order chi connectivity index (χ0) is 22.1. The van der Waals surface area contributed by atoms with E-state index in [9.17, 15) is 14.4 Å². The lowest BCUT2D eigenvalue weighted by Crippen LogP contribution is -2.36. The van der Waals surface area contributed by atoms with E-state index >= 15 is 0 Å². The Morgan fingerprint density at radius 1 is 0.903 bits per heavy atom. The number of carbonyl (C=O) groups is 2. The van der Waals surface area contributed by atoms with Crippen molar-refractivity contribution in [2.75, 3.05) is 6.54 Å². The molecule has 0 saturated carbocycles. The Balaban J connectivity index is 1.34. The molecule has 0 spiro atoms. The summed E-state index contributed by atoms with van der Waals surface area (Å²) in [4.78, 5) is 39.5. The Bertz CT molecular complexity index is 1150. The summed E-state index contributed by atoms with van der Waals surface area (Å²) in [7, 11) is 0. The van der Waals surface area contributed by atoms with Crippen molar-refractivity contribution >= 4 is 34.9 Å². The molecule has 0 radical (unpaired) electrons. The van der Waals surface area contributed by atoms with Gasteiger partial charge in [0.25, 0.3) is 5.56 Å². The molecule has 3 N–H and O–H groups in total. The Hall–Kier alpha value is -3.26. The molecule has 2 amide bonds. The molecule has 3 rings (SSSR count). The minimum atomic E-state index is -0.220. The second-order valence-corrected chi connectivity index (χ2v) is 7.67. The van der Waals surface area contributed by atoms with Gasteiger partial charge in [-0.15, -0.1) is 0 Å². The van der Waals surface area contributed by atoms with Crippen LogP contribution < -0.4 is 16.2 Å². The number of fused-ring (bicyclic) bond motifs is 1. The monoisotopic (exact) mass is 438 g/mol. The van der Waals surface area contributed by atoms with Crippen LogP contribution in [0, 0.1) is 4.77 Å². The van der Waals surface area contributed by atoms with E-state index in [-0.39, 0.29) is 23.9 Å². The number of nitrogens with zero attached hydrogens (tertiary/aromatic N) is 1. The second kappa shape index (κ2) is 11.2. The first-order valence-electron chi connectivity index (χ1n) is 10.3. The van der Waals surface area contributed by atoms with E-state index in [0.29, 0.717) is 36.1 Å². The number of para-hydroxylation sites is 1. The molecule has 0 aliphatic rings. The summed E-state index contributed by atoms with van der Waals surface area (Å²) < 4.78 is 1.97. The minimum absolute atomic E-state index is 0.0344. The third kappa shape index (κ3) is 6.62. The van der Waals surface area contributed by atoms with Gasteiger partial charge in [0, 0.05) is 19.5 Å². The molecular formula is C23H26N4O3S. The standard InChI is InChI=1S/C23H26N4O3S/c28-20(25-16-21(29)24-15-17-9-3-1-4-10-17)13-5-2-8-14-27-22(30)18-11-6-7-12-19(18)26-23(27)31/h1,3-4,6-7,9-12H,2,5,8,13-16H2,(H,24,29)(H,25,28)(H,26,31). The van der Waals surface area contributed by atoms with Crippen molar-refractivity contribution in [3.05, 3.63) is 75.3 Å². The molecule has 1 aromatic heterocycles. The van der Waals surface area contributed by atoms with E-state index < -0.39 is 0 Å². The predicted molar refractivity (Wildman–Crippen MR) is 123 cm³/mol. The van der Waals surface area contributed by atoms with E-state index in [4.69, 9.17) is 12.2 Å². The number of H-pyrrole nitrogens is 1. The molecule has 162 valence electrons. The summed E-state index contributed by atoms with van der Waals surface area (Å²) in [5, 5.41) is 6.02. The molecule has 0 aliphatic carbocycles. The number of aromatic nitrogens is 2. The zero-order valence-corrected chi connectivity index (χ0v) is 18.0. The van der Waals surface area contributed by atoms with Crippen LogP contribution in [0.4, 0.5) is 0 Å². The van der Waals surface area contributed by atoms with Crippen LogP contribution in [-0.4, -0.2) is 27.9 Å². The third-order valence-corrected chi connectivity index (χ3v) is 5.28. The molecule has 2 aromatic carbocycles. The van der Waals surface area contributed by atoms with E-state index in [1.165, 1.54) is 0 Å². The Morgan fingerprint density at radius 2 is 1.65 bits per heavy atom. The number of unbranched alkanes of at least 4 members (excludes halogenated alkanes) is 2. The van der Waals surface area contributed by atoms with E-state index in [1.54, 1.807) is 10.6 Å². The van der Waals surface area contributed by atoms with Crippen LogP contribution in [0.5, 0.6) is 0 Å². The Morgan fingerprint density at radius 3 is 2.45 bits per heavy atom. The number of rotatable bonds is 10. The smallest absolute Gasteiger partial charge is 0.262 e. The van der Waals surface area contributed by atoms with Crippen LogP contribution >= 0.6 is 12.2 Å². The molecule has 0 fully saturated rings. The molecule has 0 bridgehead atoms. The minimum Gasteiger partial charge on any atom is -0.350 e. The molecule has 0 aliphatic heterocycles. The molecule has 3 aromatic rings. The van der Waals surface area contributed by atoms with Gasteiger partial charge in [0.1, 0.15) is 0 Å². The summed E-state index contributed by atoms with van der Waals surface area (Å²) >= 11 is 5.30. The Kier molecular flexibility index (Phi) is 8.12. The normalized spacial score (nSPS) is 10.7. The molecule has 0 unspecified atom stereocenters. The molecule has 8 heteroatoms. The number of benzene rings is 2. The van der Waals surface area contributed by atoms with Crippen molar-refractivity contribution in [1.29, 1.82) is 0 Å². The fourth-order valence-electron chi connectivity index (χ4n) is 3.26. The van der Waals surface area contributed by atoms with Crippen molar-refractivity contribution in [2.24, 2.45) is 0 Å². The van der Waals surface area contributed by atoms with E-state index in [0.717, 1.165) is 23.9 Å². The summed E-state index contributed by atoms with van der Waals surface area (Å²) in [6, 6.07) is 16.9. The highest BCUT2D eigenvalue weighted by atomic mass is 32.1. The van der Waals surface area contributed by atoms with Crippen molar-refractivity contribution in [3.63, 3.8) is 0 Å². The maximum atomic E-state index is 12.6. The van der Waals surface area contributed by atoms with Crippen molar-refractivity contribution in [1.82, 2.24) is 20.2 Å². The number of aromatic amines is 1. The second-order valence-electron chi connectivity index (χ2n) is 7.28. The lowest BCUT2D eigenvalue weighted by Gasteiger charge is -2.09. The summed E-state index contributed by atoms with van der Waals surface area (Å²) in [6.07, 6.45) is 2.53. The first-order chi connectivity index (χ1) is 15.0. The molecule has 31 heavy (non-hydrogen) atoms. The van der Waals surface area contributed by atoms with Crippen LogP contribution in [0.2, 0.25) is 0 Å². The number of amides is 2. The van der Waals surface area contributed by atoms with Gasteiger partial charge in [-0.25, -0.2) is 0 Å². The lowest BCUT2D eigenvalue weighted by molar-refractivity contribution is -0.126. The number of hydrogen-bond donors (Lipinski definition) is 3. The predicted octanol–water partition coefficient (Wildman–Crippen LogP) is 3.05. The van der Waals surface area contributed by atoms with Gasteiger partial charge < -0.3 is 15.6 Å². The van der Waals surface area contributed by atoms with Gasteiger partial charge in [-0.2, -0.15) is 0 Å². The summed E-state index contributed by atoms with van der Waals surface area (Å²) in [6.45, 7) is 0.905. The first kappa shape index (κ1) is 22.4. The van der Waals surface area contributed by atoms with Crippen LogP contribution in [0.15, 0.2) is 59.4 Å². The quantitative estimate of drug-likeness (QED) is 0.335. The lowest BCUT2D eigenvalue weighted by atomic mass is 10.2. The van der Waals surface area contributed by atoms with Crippen LogP contribution in [0.3, 0.4) is 0 Å². The highest BCUT2D eigenvalue weighted by molar-refractivity contribution is 7.71. The molecule has 0 atom stereocenters. The van der Waals surface area contributed by atoms with Gasteiger partial charge in [0.05, 0.1) is 17.4 Å². The highest BCUT2D eigenvalue weighted by Crippen LogP contribution is 2.07. The fraction of sp³-hybridized carbons (Fsp3) is 0.304. The first-order valence-corrected chi connectivity index (χ1v) is 10.7. The molecule has 7 nitrogen and oxygen atoms in total. The summed E-state index contributed by atoms with van der Waals surface area (Å²) in [5.74, 6) is -0.378. The van der Waals surface area contributed by atoms with Gasteiger partial charge in [0.2, 0.25) is 11.8 Å². The maximum Gasteiger partial charge on any atom is 0.262 e. The third-order valence-electron chi connectivity index (χ3n) is 4.95. The van der Waals surface area contributed by atoms with Gasteiger partial charge in [0.15, 0.2) is 4.77 Å². The maximum absolute atomic E-state index is 12.6. The average Bonchev–Trinajstić information content (AvgIpc) is 2.78. The van der Waals surface area contributed by atoms with Gasteiger partial charge in [-0.1, -0.05) is 48.9 Å². The van der Waals surface area contributed by atoms with Crippen molar-refractivity contribution < 1.29 is 9.59 Å². The zero-order valence-electron chi connectivity index (χ0n) is 17.2. The highest BCUT2D eigenvalue weighted by Gasteiger charge is 2.07. The molecule has 1 heterocycles. The van der Waals surface area contributed by atoms with Crippen molar-refractivity contribution in [3.8, 4) is 0 Å². The largest absolute Gasteiger partial charge is 0.350 e. The molecular weight excluding hydrogens is 412 g/mol. The number of hydrogen-bond acceptors (Lipinski definition) is 4. The van der Waals surface area contributed by atoms with Gasteiger partial charge in [-0.3, -0.25) is 19.0 Å². The number of carbonyl (C=O) groups excluding carboxylic acids is 2. The van der Waals surface area contributed by atoms with Gasteiger partial charge in [-0.05, 0) is 42.8 Å². The average molecular weight is 439 g/mol. The van der Waals surface area contributed by atoms with Crippen LogP contribution in [0.1, 0.15) is 31.2 Å². The van der Waals surface area contributed by atoms with Crippen LogP contribution in [0.25, 0.3) is 10.9 Å². The van der Waals surface area contributed by atoms with E-state index in [1.807, 2.05) is 48.5 Å².